The van der Waals surface area contributed by atoms with Gasteiger partial charge in [-0.05, 0) is 45.7 Å². The van der Waals surface area contributed by atoms with E-state index >= 15 is 0 Å². The number of hydrogen-bond donors (Lipinski definition) is 1. The molecule has 3 heterocycles. The Kier molecular flexibility index (Phi) is 4.86. The van der Waals surface area contributed by atoms with Crippen LogP contribution in [0.1, 0.15) is 6.42 Å². The van der Waals surface area contributed by atoms with E-state index in [-0.39, 0.29) is 0 Å². The number of hydrogen-bond acceptors (Lipinski definition) is 4. The second kappa shape index (κ2) is 7.65. The second-order valence-corrected chi connectivity index (χ2v) is 8.36. The summed E-state index contributed by atoms with van der Waals surface area (Å²) < 4.78 is 0. The van der Waals surface area contributed by atoms with Gasteiger partial charge in [-0.25, -0.2) is 4.98 Å². The van der Waals surface area contributed by atoms with Crippen LogP contribution in [0.5, 0.6) is 0 Å². The molecule has 0 aliphatic carbocycles. The van der Waals surface area contributed by atoms with E-state index < -0.39 is 0 Å². The van der Waals surface area contributed by atoms with E-state index in [9.17, 15) is 0 Å². The third-order valence-electron chi connectivity index (χ3n) is 6.08. The fraction of sp³-hybridized carbons (Fsp3) is 0.375. The molecule has 0 atom stereocenters. The van der Waals surface area contributed by atoms with Crippen molar-refractivity contribution >= 4 is 38.5 Å². The van der Waals surface area contributed by atoms with Crippen LogP contribution in [-0.4, -0.2) is 73.1 Å². The molecular weight excluding hydrogens is 358 g/mol. The summed E-state index contributed by atoms with van der Waals surface area (Å²) in [5.74, 6) is 0. The maximum absolute atomic E-state index is 5.02. The van der Waals surface area contributed by atoms with Crippen molar-refractivity contribution in [1.82, 2.24) is 19.8 Å². The molecule has 0 spiro atoms. The van der Waals surface area contributed by atoms with E-state index in [1.165, 1.54) is 34.9 Å². The number of pyridine rings is 1. The summed E-state index contributed by atoms with van der Waals surface area (Å²) in [4.78, 5) is 16.1. The topological polar surface area (TPSA) is 38.4 Å². The number of rotatable bonds is 5. The zero-order valence-corrected chi connectivity index (χ0v) is 17.4. The second-order valence-electron chi connectivity index (χ2n) is 8.36. The van der Waals surface area contributed by atoms with Gasteiger partial charge in [0.2, 0.25) is 0 Å². The number of para-hydroxylation sites is 2. The molecule has 1 fully saturated rings. The molecule has 0 radical (unpaired) electrons. The van der Waals surface area contributed by atoms with E-state index in [2.05, 4.69) is 82.3 Å². The van der Waals surface area contributed by atoms with Crippen LogP contribution in [0.2, 0.25) is 0 Å². The Balaban J connectivity index is 1.50. The van der Waals surface area contributed by atoms with Crippen LogP contribution in [0.4, 0.5) is 5.69 Å². The Hall–Kier alpha value is -2.63. The summed E-state index contributed by atoms with van der Waals surface area (Å²) in [5, 5.41) is 2.45. The lowest BCUT2D eigenvalue weighted by atomic mass is 10.1. The highest BCUT2D eigenvalue weighted by atomic mass is 15.3. The minimum atomic E-state index is 1.06. The minimum Gasteiger partial charge on any atom is -0.367 e. The molecule has 0 bridgehead atoms. The highest BCUT2D eigenvalue weighted by Crippen LogP contribution is 2.37. The molecule has 5 nitrogen and oxygen atoms in total. The normalized spacial score (nSPS) is 15.9. The first kappa shape index (κ1) is 18.4. The Bertz CT molecular complexity index is 1140. The lowest BCUT2D eigenvalue weighted by Crippen LogP contribution is -2.47. The molecule has 0 saturated carbocycles. The Morgan fingerprint density at radius 3 is 2.45 bits per heavy atom. The molecule has 1 saturated heterocycles. The van der Waals surface area contributed by atoms with Gasteiger partial charge < -0.3 is 14.8 Å². The fourth-order valence-electron chi connectivity index (χ4n) is 4.58. The van der Waals surface area contributed by atoms with Crippen LogP contribution < -0.4 is 4.90 Å². The lowest BCUT2D eigenvalue weighted by molar-refractivity contribution is 0.242. The number of H-pyrrole nitrogens is 1. The third kappa shape index (κ3) is 3.45. The Labute approximate surface area is 171 Å². The van der Waals surface area contributed by atoms with Crippen LogP contribution in [0, 0.1) is 0 Å². The van der Waals surface area contributed by atoms with Crippen LogP contribution in [0.25, 0.3) is 32.8 Å². The van der Waals surface area contributed by atoms with Crippen molar-refractivity contribution in [2.45, 2.75) is 6.42 Å². The number of benzene rings is 2. The first-order valence-corrected chi connectivity index (χ1v) is 10.6. The van der Waals surface area contributed by atoms with Crippen molar-refractivity contribution in [3.63, 3.8) is 0 Å². The molecule has 150 valence electrons. The number of nitrogens with zero attached hydrogens (tertiary/aromatic N) is 4. The van der Waals surface area contributed by atoms with Crippen LogP contribution >= 0.6 is 0 Å². The van der Waals surface area contributed by atoms with E-state index in [1.54, 1.807) is 0 Å². The standard InChI is InChI=1S/C24H29N5/c1-27(2)12-7-13-28-14-16-29(17-15-28)24-19-9-4-6-11-21(19)25-22-18-8-3-5-10-20(18)26-23(22)24/h3-6,8-11,26H,7,12-17H2,1-2H3. The summed E-state index contributed by atoms with van der Waals surface area (Å²) in [6.45, 7) is 6.69. The van der Waals surface area contributed by atoms with Crippen molar-refractivity contribution in [3.8, 4) is 0 Å². The molecule has 5 heteroatoms. The van der Waals surface area contributed by atoms with Crippen LogP contribution in [-0.2, 0) is 0 Å². The summed E-state index contributed by atoms with van der Waals surface area (Å²) in [5.41, 5.74) is 5.81. The minimum absolute atomic E-state index is 1.06. The van der Waals surface area contributed by atoms with Gasteiger partial charge in [0.1, 0.15) is 0 Å². The maximum Gasteiger partial charge on any atom is 0.0986 e. The van der Waals surface area contributed by atoms with Gasteiger partial charge in [0.25, 0.3) is 0 Å². The largest absolute Gasteiger partial charge is 0.367 e. The van der Waals surface area contributed by atoms with Crippen molar-refractivity contribution in [3.05, 3.63) is 48.5 Å². The predicted octanol–water partition coefficient (Wildman–Crippen LogP) is 3.94. The lowest BCUT2D eigenvalue weighted by Gasteiger charge is -2.37. The SMILES string of the molecule is CN(C)CCCN1CCN(c2c3ccccc3nc3c2[nH]c2ccccc23)CC1. The van der Waals surface area contributed by atoms with Gasteiger partial charge in [0.05, 0.1) is 22.2 Å². The number of aromatic nitrogens is 2. The number of piperazine rings is 1. The molecule has 1 N–H and O–H groups in total. The van der Waals surface area contributed by atoms with Gasteiger partial charge in [0.15, 0.2) is 0 Å². The van der Waals surface area contributed by atoms with Crippen molar-refractivity contribution < 1.29 is 0 Å². The quantitative estimate of drug-likeness (QED) is 0.563. The molecular formula is C24H29N5. The number of aromatic amines is 1. The van der Waals surface area contributed by atoms with Crippen molar-refractivity contribution in [2.24, 2.45) is 0 Å². The van der Waals surface area contributed by atoms with Crippen LogP contribution in [0.15, 0.2) is 48.5 Å². The summed E-state index contributed by atoms with van der Waals surface area (Å²) in [6, 6.07) is 17.1. The van der Waals surface area contributed by atoms with Crippen molar-refractivity contribution in [1.29, 1.82) is 0 Å². The van der Waals surface area contributed by atoms with Gasteiger partial charge in [0, 0.05) is 42.5 Å². The van der Waals surface area contributed by atoms with Gasteiger partial charge in [-0.15, -0.1) is 0 Å². The van der Waals surface area contributed by atoms with E-state index in [1.807, 2.05) is 0 Å². The summed E-state index contributed by atoms with van der Waals surface area (Å²) in [7, 11) is 4.30. The summed E-state index contributed by atoms with van der Waals surface area (Å²) >= 11 is 0. The predicted molar refractivity (Wildman–Crippen MR) is 123 cm³/mol. The average molecular weight is 388 g/mol. The molecule has 0 unspecified atom stereocenters. The first-order chi connectivity index (χ1) is 14.2. The zero-order valence-electron chi connectivity index (χ0n) is 17.4. The monoisotopic (exact) mass is 387 g/mol. The van der Waals surface area contributed by atoms with Gasteiger partial charge in [-0.2, -0.15) is 0 Å². The van der Waals surface area contributed by atoms with Gasteiger partial charge in [-0.1, -0.05) is 36.4 Å². The highest BCUT2D eigenvalue weighted by Gasteiger charge is 2.22. The van der Waals surface area contributed by atoms with Crippen LogP contribution in [0.3, 0.4) is 0 Å². The zero-order chi connectivity index (χ0) is 19.8. The highest BCUT2D eigenvalue weighted by molar-refractivity contribution is 6.15. The smallest absolute Gasteiger partial charge is 0.0986 e. The van der Waals surface area contributed by atoms with Crippen molar-refractivity contribution in [2.75, 3.05) is 58.3 Å². The molecule has 4 aromatic rings. The molecule has 5 rings (SSSR count). The molecule has 2 aromatic carbocycles. The number of nitrogens with one attached hydrogen (secondary N) is 1. The molecule has 29 heavy (non-hydrogen) atoms. The van der Waals surface area contributed by atoms with Gasteiger partial charge in [-0.3, -0.25) is 4.90 Å². The first-order valence-electron chi connectivity index (χ1n) is 10.6. The number of anilines is 1. The Morgan fingerprint density at radius 2 is 1.66 bits per heavy atom. The summed E-state index contributed by atoms with van der Waals surface area (Å²) in [6.07, 6.45) is 1.23. The van der Waals surface area contributed by atoms with E-state index in [4.69, 9.17) is 4.98 Å². The number of fused-ring (bicyclic) bond motifs is 4. The Morgan fingerprint density at radius 1 is 0.931 bits per heavy atom. The van der Waals surface area contributed by atoms with E-state index in [0.29, 0.717) is 0 Å². The molecule has 2 aromatic heterocycles. The molecule has 0 amide bonds. The average Bonchev–Trinajstić information content (AvgIpc) is 3.10. The molecule has 1 aliphatic rings. The van der Waals surface area contributed by atoms with Gasteiger partial charge >= 0.3 is 0 Å². The van der Waals surface area contributed by atoms with E-state index in [0.717, 1.165) is 49.3 Å². The molecule has 1 aliphatic heterocycles. The maximum atomic E-state index is 5.02. The third-order valence-corrected chi connectivity index (χ3v) is 6.08. The fourth-order valence-corrected chi connectivity index (χ4v) is 4.58.